The van der Waals surface area contributed by atoms with Crippen LogP contribution in [0.2, 0.25) is 0 Å². The van der Waals surface area contributed by atoms with Crippen LogP contribution < -0.4 is 10.9 Å². The van der Waals surface area contributed by atoms with Gasteiger partial charge >= 0.3 is 0 Å². The number of rotatable bonds is 12. The average Bonchev–Trinajstić information content (AvgIpc) is 2.93. The van der Waals surface area contributed by atoms with E-state index in [-0.39, 0.29) is 5.71 Å². The van der Waals surface area contributed by atoms with E-state index in [0.29, 0.717) is 11.4 Å². The molecule has 1 fully saturated rings. The van der Waals surface area contributed by atoms with Gasteiger partial charge in [0, 0.05) is 0 Å². The first-order valence-corrected chi connectivity index (χ1v) is 11.5. The molecule has 2 aromatic rings. The van der Waals surface area contributed by atoms with Crippen LogP contribution in [-0.4, -0.2) is 110 Å². The first-order valence-electron chi connectivity index (χ1n) is 11.5. The molecule has 1 heterocycles. The quantitative estimate of drug-likeness (QED) is 0.116. The van der Waals surface area contributed by atoms with Gasteiger partial charge in [-0.15, -0.1) is 0 Å². The Balaban J connectivity index is 1.85. The number of hydrogen-bond acceptors (Lipinski definition) is 13. The van der Waals surface area contributed by atoms with Crippen molar-refractivity contribution in [2.75, 3.05) is 24.1 Å². The zero-order chi connectivity index (χ0) is 26.8. The number of nitrogens with one attached hydrogen (secondary N) is 2. The fraction of sp³-hybridized carbons (Fsp3) is 0.417. The lowest BCUT2D eigenvalue weighted by Crippen LogP contribution is -2.61. The van der Waals surface area contributed by atoms with Gasteiger partial charge < -0.3 is 45.2 Å². The van der Waals surface area contributed by atoms with Gasteiger partial charge in [0.15, 0.2) is 6.29 Å². The summed E-state index contributed by atoms with van der Waals surface area (Å²) in [6.45, 7) is -1.55. The van der Waals surface area contributed by atoms with Crippen LogP contribution in [0.25, 0.3) is 0 Å². The highest BCUT2D eigenvalue weighted by molar-refractivity contribution is 6.33. The van der Waals surface area contributed by atoms with E-state index in [1.165, 1.54) is 6.21 Å². The number of para-hydroxylation sites is 2. The van der Waals surface area contributed by atoms with Gasteiger partial charge in [-0.1, -0.05) is 36.4 Å². The Bertz CT molecular complexity index is 996. The number of benzene rings is 2. The van der Waals surface area contributed by atoms with Gasteiger partial charge in [0.1, 0.15) is 48.4 Å². The molecule has 0 saturated carbocycles. The van der Waals surface area contributed by atoms with Crippen LogP contribution in [0.1, 0.15) is 0 Å². The van der Waals surface area contributed by atoms with E-state index >= 15 is 0 Å². The Hall–Kier alpha value is -2.98. The molecular formula is C24H32N4O9. The number of hydrazone groups is 2. The second-order valence-electron chi connectivity index (χ2n) is 8.24. The van der Waals surface area contributed by atoms with E-state index in [4.69, 9.17) is 9.47 Å². The van der Waals surface area contributed by atoms with Crippen molar-refractivity contribution >= 4 is 23.3 Å². The van der Waals surface area contributed by atoms with Crippen molar-refractivity contribution in [2.24, 2.45) is 10.2 Å². The molecule has 9 N–H and O–H groups in total. The maximum atomic E-state index is 11.1. The first-order chi connectivity index (χ1) is 17.8. The lowest BCUT2D eigenvalue weighted by Gasteiger charge is -2.41. The van der Waals surface area contributed by atoms with E-state index in [2.05, 4.69) is 21.1 Å². The molecule has 3 rings (SSSR count). The van der Waals surface area contributed by atoms with Gasteiger partial charge in [-0.2, -0.15) is 10.2 Å². The zero-order valence-electron chi connectivity index (χ0n) is 19.7. The number of anilines is 2. The number of nitrogens with zero attached hydrogens (tertiary/aromatic N) is 2. The summed E-state index contributed by atoms with van der Waals surface area (Å²) in [7, 11) is 0. The zero-order valence-corrected chi connectivity index (χ0v) is 19.7. The van der Waals surface area contributed by atoms with E-state index < -0.39 is 62.2 Å². The van der Waals surface area contributed by atoms with E-state index in [0.717, 1.165) is 0 Å². The molecule has 0 radical (unpaired) electrons. The third-order valence-corrected chi connectivity index (χ3v) is 5.57. The number of hydrogen-bond donors (Lipinski definition) is 9. The molecule has 13 heteroatoms. The van der Waals surface area contributed by atoms with Crippen molar-refractivity contribution in [2.45, 2.75) is 49.0 Å². The number of aliphatic hydroxyl groups excluding tert-OH is 7. The Morgan fingerprint density at radius 3 is 2.05 bits per heavy atom. The highest BCUT2D eigenvalue weighted by Crippen LogP contribution is 2.24. The second-order valence-corrected chi connectivity index (χ2v) is 8.24. The topological polar surface area (TPSA) is 209 Å². The van der Waals surface area contributed by atoms with Gasteiger partial charge in [0.2, 0.25) is 0 Å². The number of ether oxygens (including phenoxy) is 2. The van der Waals surface area contributed by atoms with E-state index in [1.54, 1.807) is 54.6 Å². The highest BCUT2D eigenvalue weighted by atomic mass is 16.7. The fourth-order valence-corrected chi connectivity index (χ4v) is 3.48. The molecule has 0 spiro atoms. The third kappa shape index (κ3) is 7.75. The van der Waals surface area contributed by atoms with Crippen molar-refractivity contribution in [3.63, 3.8) is 0 Å². The summed E-state index contributed by atoms with van der Waals surface area (Å²) in [5, 5.41) is 79.1. The van der Waals surface area contributed by atoms with Crippen molar-refractivity contribution < 1.29 is 45.2 Å². The lowest BCUT2D eigenvalue weighted by molar-refractivity contribution is -0.322. The van der Waals surface area contributed by atoms with E-state index in [1.807, 2.05) is 6.07 Å². The molecule has 1 aliphatic heterocycles. The van der Waals surface area contributed by atoms with Crippen LogP contribution >= 0.6 is 0 Å². The minimum Gasteiger partial charge on any atom is -0.394 e. The standard InChI is InChI=1S/C24H32N4O9/c29-12-17(31)23(37-24-22(35)21(34)20(33)18(13-30)36-24)19(32)16(28-27-15-9-5-2-6-10-15)11-25-26-14-7-3-1-4-8-14/h1-11,17-24,26-27,29-35H,12-13H2/t17-,18-,19-,20-,21+,22-,23-,24-/m1/s1. The predicted octanol–water partition coefficient (Wildman–Crippen LogP) is -1.55. The molecule has 1 saturated heterocycles. The third-order valence-electron chi connectivity index (χ3n) is 5.57. The molecule has 0 amide bonds. The Morgan fingerprint density at radius 2 is 1.49 bits per heavy atom. The van der Waals surface area contributed by atoms with Gasteiger partial charge in [-0.3, -0.25) is 10.9 Å². The van der Waals surface area contributed by atoms with Crippen LogP contribution in [0, 0.1) is 0 Å². The molecule has 0 bridgehead atoms. The smallest absolute Gasteiger partial charge is 0.187 e. The van der Waals surface area contributed by atoms with E-state index in [9.17, 15) is 35.7 Å². The molecule has 202 valence electrons. The molecule has 0 aromatic heterocycles. The van der Waals surface area contributed by atoms with Crippen LogP contribution in [0.15, 0.2) is 70.9 Å². The molecule has 1 aliphatic rings. The largest absolute Gasteiger partial charge is 0.394 e. The van der Waals surface area contributed by atoms with Crippen LogP contribution in [0.5, 0.6) is 0 Å². The van der Waals surface area contributed by atoms with Gasteiger partial charge in [-0.25, -0.2) is 0 Å². The summed E-state index contributed by atoms with van der Waals surface area (Å²) in [5.41, 5.74) is 6.59. The van der Waals surface area contributed by atoms with Gasteiger partial charge in [0.05, 0.1) is 30.8 Å². The minimum atomic E-state index is -1.80. The summed E-state index contributed by atoms with van der Waals surface area (Å²) in [5.74, 6) is 0. The van der Waals surface area contributed by atoms with Gasteiger partial charge in [-0.05, 0) is 24.3 Å². The summed E-state index contributed by atoms with van der Waals surface area (Å²) in [6.07, 6.45) is -12.1. The molecule has 8 atom stereocenters. The first kappa shape index (κ1) is 28.6. The molecule has 0 aliphatic carbocycles. The normalized spacial score (nSPS) is 27.0. The Morgan fingerprint density at radius 1 is 0.892 bits per heavy atom. The number of aliphatic hydroxyl groups is 7. The van der Waals surface area contributed by atoms with Crippen molar-refractivity contribution in [1.29, 1.82) is 0 Å². The fourth-order valence-electron chi connectivity index (χ4n) is 3.48. The molecule has 13 nitrogen and oxygen atoms in total. The van der Waals surface area contributed by atoms with Crippen molar-refractivity contribution in [3.8, 4) is 0 Å². The maximum Gasteiger partial charge on any atom is 0.187 e. The molecule has 2 aromatic carbocycles. The molecule has 37 heavy (non-hydrogen) atoms. The Labute approximate surface area is 212 Å². The highest BCUT2D eigenvalue weighted by Gasteiger charge is 2.46. The van der Waals surface area contributed by atoms with Gasteiger partial charge in [0.25, 0.3) is 0 Å². The summed E-state index contributed by atoms with van der Waals surface area (Å²) >= 11 is 0. The predicted molar refractivity (Wildman–Crippen MR) is 134 cm³/mol. The maximum absolute atomic E-state index is 11.1. The van der Waals surface area contributed by atoms with Crippen molar-refractivity contribution in [1.82, 2.24) is 0 Å². The summed E-state index contributed by atoms with van der Waals surface area (Å²) in [4.78, 5) is 0. The van der Waals surface area contributed by atoms with Crippen molar-refractivity contribution in [3.05, 3.63) is 60.7 Å². The summed E-state index contributed by atoms with van der Waals surface area (Å²) < 4.78 is 10.9. The van der Waals surface area contributed by atoms with Crippen LogP contribution in [0.3, 0.4) is 0 Å². The van der Waals surface area contributed by atoms with Crippen LogP contribution in [0.4, 0.5) is 11.4 Å². The lowest BCUT2D eigenvalue weighted by atomic mass is 9.98. The SMILES string of the molecule is OC[C@@H](O)[C@@H](O[C@H]1O[C@H](CO)[C@@H](O)[C@H](O)[C@H]1O)[C@H](O)C(C=NNc1ccccc1)=NNc1ccccc1. The second kappa shape index (κ2) is 14.1. The monoisotopic (exact) mass is 520 g/mol. The van der Waals surface area contributed by atoms with Crippen LogP contribution in [-0.2, 0) is 9.47 Å². The summed E-state index contributed by atoms with van der Waals surface area (Å²) in [6, 6.07) is 17.7. The minimum absolute atomic E-state index is 0.144. The molecular weight excluding hydrogens is 488 g/mol. The Kier molecular flexibility index (Phi) is 10.9. The molecule has 0 unspecified atom stereocenters. The average molecular weight is 521 g/mol.